The first kappa shape index (κ1) is 25.8. The van der Waals surface area contributed by atoms with Crippen LogP contribution in [0.2, 0.25) is 0 Å². The number of carbonyl (C=O) groups excluding carboxylic acids is 2. The number of halogens is 1. The van der Waals surface area contributed by atoms with Gasteiger partial charge < -0.3 is 14.0 Å². The summed E-state index contributed by atoms with van der Waals surface area (Å²) in [6, 6.07) is 9.90. The summed E-state index contributed by atoms with van der Waals surface area (Å²) >= 11 is 3.41. The lowest BCUT2D eigenvalue weighted by Gasteiger charge is -2.26. The number of benzene rings is 1. The minimum Gasteiger partial charge on any atom is -0.488 e. The normalized spacial score (nSPS) is 11.0. The number of hydrogen-bond acceptors (Lipinski definition) is 7. The molecule has 0 unspecified atom stereocenters. The Kier molecular flexibility index (Phi) is 8.18. The fourth-order valence-electron chi connectivity index (χ4n) is 3.07. The molecule has 0 spiro atoms. The molecule has 35 heavy (non-hydrogen) atoms. The van der Waals surface area contributed by atoms with Gasteiger partial charge in [-0.25, -0.2) is 9.78 Å². The van der Waals surface area contributed by atoms with Gasteiger partial charge in [-0.1, -0.05) is 30.9 Å². The third-order valence-electron chi connectivity index (χ3n) is 4.46. The van der Waals surface area contributed by atoms with Gasteiger partial charge >= 0.3 is 6.09 Å². The van der Waals surface area contributed by atoms with Gasteiger partial charge in [-0.2, -0.15) is 4.90 Å². The van der Waals surface area contributed by atoms with Crippen LogP contribution >= 0.6 is 15.9 Å². The number of nitrogens with zero attached hydrogens (tertiary/aromatic N) is 5. The number of aromatic nitrogens is 4. The van der Waals surface area contributed by atoms with Crippen LogP contribution in [-0.2, 0) is 11.3 Å². The highest BCUT2D eigenvalue weighted by atomic mass is 79.9. The van der Waals surface area contributed by atoms with E-state index in [0.29, 0.717) is 22.5 Å². The van der Waals surface area contributed by atoms with Gasteiger partial charge in [-0.05, 0) is 61.0 Å². The van der Waals surface area contributed by atoms with Crippen molar-refractivity contribution in [1.82, 2.24) is 19.7 Å². The fourth-order valence-corrected chi connectivity index (χ4v) is 3.55. The van der Waals surface area contributed by atoms with Crippen LogP contribution in [0.3, 0.4) is 0 Å². The van der Waals surface area contributed by atoms with E-state index in [2.05, 4.69) is 44.3 Å². The summed E-state index contributed by atoms with van der Waals surface area (Å²) in [5.41, 5.74) is -0.286. The molecule has 2 heterocycles. The highest BCUT2D eigenvalue weighted by Crippen LogP contribution is 2.32. The fraction of sp³-hybridized carbons (Fsp3) is 0.240. The van der Waals surface area contributed by atoms with Gasteiger partial charge in [0.1, 0.15) is 35.8 Å². The zero-order valence-electron chi connectivity index (χ0n) is 19.8. The van der Waals surface area contributed by atoms with Crippen molar-refractivity contribution in [2.75, 3.05) is 11.5 Å². The Morgan fingerprint density at radius 2 is 1.89 bits per heavy atom. The highest BCUT2D eigenvalue weighted by molar-refractivity contribution is 9.10. The van der Waals surface area contributed by atoms with E-state index in [1.165, 1.54) is 0 Å². The van der Waals surface area contributed by atoms with Gasteiger partial charge in [-0.15, -0.1) is 16.8 Å². The molecular weight excluding hydrogens is 514 g/mol. The zero-order valence-corrected chi connectivity index (χ0v) is 21.4. The lowest BCUT2D eigenvalue weighted by molar-refractivity contribution is 0.0562. The number of imide groups is 1. The third-order valence-corrected chi connectivity index (χ3v) is 5.08. The average molecular weight is 540 g/mol. The topological polar surface area (TPSA) is 99.4 Å². The summed E-state index contributed by atoms with van der Waals surface area (Å²) in [4.78, 5) is 32.5. The van der Waals surface area contributed by atoms with Crippen molar-refractivity contribution in [3.63, 3.8) is 0 Å². The SMILES string of the molecule is C=CCOc1c(Br)cccc1C(=O)N(C(=O)OC(C)(C)C)c1cccc(-c2nncn2CC=C)n1. The molecule has 0 radical (unpaired) electrons. The van der Waals surface area contributed by atoms with Gasteiger partial charge in [0.25, 0.3) is 5.91 Å². The van der Waals surface area contributed by atoms with Gasteiger partial charge in [0.15, 0.2) is 5.82 Å². The van der Waals surface area contributed by atoms with Gasteiger partial charge in [0, 0.05) is 6.54 Å². The summed E-state index contributed by atoms with van der Waals surface area (Å²) in [6.07, 6.45) is 3.93. The van der Waals surface area contributed by atoms with Crippen LogP contribution in [0.1, 0.15) is 31.1 Å². The molecular formula is C25H26BrN5O4. The van der Waals surface area contributed by atoms with E-state index in [9.17, 15) is 9.59 Å². The summed E-state index contributed by atoms with van der Waals surface area (Å²) in [7, 11) is 0. The Hall–Kier alpha value is -3.79. The van der Waals surface area contributed by atoms with Crippen LogP contribution in [0.5, 0.6) is 5.75 Å². The molecule has 0 aliphatic heterocycles. The predicted molar refractivity (Wildman–Crippen MR) is 136 cm³/mol. The molecule has 0 bridgehead atoms. The van der Waals surface area contributed by atoms with Crippen molar-refractivity contribution >= 4 is 33.7 Å². The number of para-hydroxylation sites is 1. The van der Waals surface area contributed by atoms with E-state index in [4.69, 9.17) is 9.47 Å². The van der Waals surface area contributed by atoms with E-state index in [1.807, 2.05) is 0 Å². The summed E-state index contributed by atoms with van der Waals surface area (Å²) in [5.74, 6) is 0.120. The number of pyridine rings is 1. The molecule has 3 rings (SSSR count). The first-order chi connectivity index (χ1) is 16.7. The van der Waals surface area contributed by atoms with Crippen LogP contribution in [0, 0.1) is 0 Å². The van der Waals surface area contributed by atoms with E-state index < -0.39 is 17.6 Å². The lowest BCUT2D eigenvalue weighted by Crippen LogP contribution is -2.41. The zero-order chi connectivity index (χ0) is 25.6. The average Bonchev–Trinajstić information content (AvgIpc) is 3.26. The number of anilines is 1. The summed E-state index contributed by atoms with van der Waals surface area (Å²) in [6.45, 7) is 13.2. The first-order valence-corrected chi connectivity index (χ1v) is 11.5. The molecule has 182 valence electrons. The van der Waals surface area contributed by atoms with Crippen LogP contribution in [0.4, 0.5) is 10.6 Å². The largest absolute Gasteiger partial charge is 0.488 e. The van der Waals surface area contributed by atoms with E-state index in [0.717, 1.165) is 4.90 Å². The number of ether oxygens (including phenoxy) is 2. The maximum absolute atomic E-state index is 13.8. The van der Waals surface area contributed by atoms with Crippen LogP contribution in [0.15, 0.2) is 72.5 Å². The van der Waals surface area contributed by atoms with Crippen LogP contribution < -0.4 is 9.64 Å². The molecule has 0 fully saturated rings. The number of carbonyl (C=O) groups is 2. The third kappa shape index (κ3) is 6.21. The van der Waals surface area contributed by atoms with Crippen molar-refractivity contribution < 1.29 is 19.1 Å². The molecule has 0 N–H and O–H groups in total. The molecule has 0 aliphatic rings. The minimum absolute atomic E-state index is 0.0598. The first-order valence-electron chi connectivity index (χ1n) is 10.7. The Balaban J connectivity index is 2.12. The molecule has 2 amide bonds. The molecule has 0 aliphatic carbocycles. The second kappa shape index (κ2) is 11.1. The van der Waals surface area contributed by atoms with Crippen molar-refractivity contribution in [2.24, 2.45) is 0 Å². The Labute approximate surface area is 212 Å². The van der Waals surface area contributed by atoms with Crippen molar-refractivity contribution in [3.05, 3.63) is 78.1 Å². The van der Waals surface area contributed by atoms with Crippen LogP contribution in [-0.4, -0.2) is 44.0 Å². The quantitative estimate of drug-likeness (QED) is 0.351. The summed E-state index contributed by atoms with van der Waals surface area (Å²) < 4.78 is 13.6. The monoisotopic (exact) mass is 539 g/mol. The second-order valence-electron chi connectivity index (χ2n) is 8.31. The molecule has 2 aromatic heterocycles. The maximum Gasteiger partial charge on any atom is 0.423 e. The molecule has 0 saturated carbocycles. The van der Waals surface area contributed by atoms with E-state index in [-0.39, 0.29) is 23.7 Å². The predicted octanol–water partition coefficient (Wildman–Crippen LogP) is 5.44. The second-order valence-corrected chi connectivity index (χ2v) is 9.17. The van der Waals surface area contributed by atoms with Crippen molar-refractivity contribution in [1.29, 1.82) is 0 Å². The van der Waals surface area contributed by atoms with Gasteiger partial charge in [0.2, 0.25) is 0 Å². The minimum atomic E-state index is -0.880. The number of hydrogen-bond donors (Lipinski definition) is 0. The van der Waals surface area contributed by atoms with Crippen molar-refractivity contribution in [2.45, 2.75) is 32.9 Å². The van der Waals surface area contributed by atoms with Crippen molar-refractivity contribution in [3.8, 4) is 17.3 Å². The Morgan fingerprint density at radius 1 is 1.14 bits per heavy atom. The summed E-state index contributed by atoms with van der Waals surface area (Å²) in [5, 5.41) is 8.05. The maximum atomic E-state index is 13.8. The molecule has 10 heteroatoms. The lowest BCUT2D eigenvalue weighted by atomic mass is 10.1. The van der Waals surface area contributed by atoms with E-state index in [1.54, 1.807) is 80.2 Å². The van der Waals surface area contributed by atoms with Gasteiger partial charge in [-0.3, -0.25) is 4.79 Å². The number of rotatable bonds is 8. The molecule has 9 nitrogen and oxygen atoms in total. The van der Waals surface area contributed by atoms with Crippen LogP contribution in [0.25, 0.3) is 11.5 Å². The molecule has 3 aromatic rings. The number of allylic oxidation sites excluding steroid dienone is 1. The number of amides is 2. The highest BCUT2D eigenvalue weighted by Gasteiger charge is 2.33. The molecule has 0 atom stereocenters. The standard InChI is InChI=1S/C25H26BrN5O4/c1-6-14-30-16-27-29-22(30)19-12-9-13-20(28-19)31(24(33)35-25(3,4)5)23(32)17-10-8-11-18(26)21(17)34-15-7-2/h6-13,16H,1-2,14-15H2,3-5H3. The van der Waals surface area contributed by atoms with E-state index >= 15 is 0 Å². The smallest absolute Gasteiger partial charge is 0.423 e. The van der Waals surface area contributed by atoms with Gasteiger partial charge in [0.05, 0.1) is 10.0 Å². The Bertz CT molecular complexity index is 1250. The Morgan fingerprint density at radius 3 is 2.57 bits per heavy atom. The molecule has 1 aromatic carbocycles. The molecule has 0 saturated heterocycles.